The molecule has 2 saturated carbocycles. The number of nitrogens with zero attached hydrogens (tertiary/aromatic N) is 4. The van der Waals surface area contributed by atoms with Gasteiger partial charge in [0.05, 0.1) is 42.2 Å². The quantitative estimate of drug-likeness (QED) is 0.137. The van der Waals surface area contributed by atoms with Gasteiger partial charge in [0.25, 0.3) is 0 Å². The molecule has 49 heavy (non-hydrogen) atoms. The molecule has 0 radical (unpaired) electrons. The molecule has 0 bridgehead atoms. The minimum atomic E-state index is -0.699. The Morgan fingerprint density at radius 2 is 1.10 bits per heavy atom. The highest BCUT2D eigenvalue weighted by atomic mass is 16.5. The number of carbonyl (C=O) groups excluding carboxylic acids is 1. The number of amides is 1. The number of carboxylic acids is 1. The SMILES string of the molecule is C.C.COc1ccc2c(c1)n(CC1CCC(C(=O)NN)CC1)c(=O)n2C.COc1ccc2c(c1)n(CC1CCC(C(=O)O)CC1)c(=O)n2C. The van der Waals surface area contributed by atoms with Crippen molar-refractivity contribution in [2.24, 2.45) is 43.6 Å². The van der Waals surface area contributed by atoms with Gasteiger partial charge in [-0.05, 0) is 87.5 Å². The molecule has 2 aromatic carbocycles. The zero-order chi connectivity index (χ0) is 33.8. The van der Waals surface area contributed by atoms with Crippen LogP contribution >= 0.6 is 0 Å². The van der Waals surface area contributed by atoms with Crippen molar-refractivity contribution < 1.29 is 24.2 Å². The fourth-order valence-electron chi connectivity index (χ4n) is 7.22. The highest BCUT2D eigenvalue weighted by molar-refractivity contribution is 5.79. The van der Waals surface area contributed by atoms with E-state index < -0.39 is 5.97 Å². The molecule has 0 aliphatic heterocycles. The summed E-state index contributed by atoms with van der Waals surface area (Å²) in [6.45, 7) is 1.30. The van der Waals surface area contributed by atoms with Crippen molar-refractivity contribution in [2.45, 2.75) is 79.3 Å². The van der Waals surface area contributed by atoms with Crippen molar-refractivity contribution in [3.8, 4) is 11.5 Å². The average molecular weight is 683 g/mol. The third-order valence-corrected chi connectivity index (χ3v) is 10.1. The van der Waals surface area contributed by atoms with Crippen LogP contribution < -0.4 is 32.1 Å². The largest absolute Gasteiger partial charge is 0.497 e. The predicted molar refractivity (Wildman–Crippen MR) is 192 cm³/mol. The van der Waals surface area contributed by atoms with Crippen LogP contribution in [-0.2, 0) is 36.8 Å². The van der Waals surface area contributed by atoms with E-state index in [1.807, 2.05) is 41.0 Å². The number of aryl methyl sites for hydroxylation is 2. The summed E-state index contributed by atoms with van der Waals surface area (Å²) < 4.78 is 17.5. The van der Waals surface area contributed by atoms with Crippen LogP contribution in [-0.4, -0.2) is 49.5 Å². The maximum Gasteiger partial charge on any atom is 0.328 e. The topological polar surface area (TPSA) is 165 Å². The van der Waals surface area contributed by atoms with E-state index >= 15 is 0 Å². The molecular weight excluding hydrogens is 628 g/mol. The Kier molecular flexibility index (Phi) is 13.3. The monoisotopic (exact) mass is 682 g/mol. The Morgan fingerprint density at radius 3 is 1.45 bits per heavy atom. The van der Waals surface area contributed by atoms with Crippen LogP contribution in [0.1, 0.15) is 66.2 Å². The lowest BCUT2D eigenvalue weighted by atomic mass is 9.81. The first kappa shape index (κ1) is 38.9. The van der Waals surface area contributed by atoms with Gasteiger partial charge in [-0.15, -0.1) is 0 Å². The van der Waals surface area contributed by atoms with Gasteiger partial charge >= 0.3 is 17.3 Å². The second kappa shape index (κ2) is 16.7. The first-order valence-corrected chi connectivity index (χ1v) is 16.3. The van der Waals surface area contributed by atoms with Crippen LogP contribution in [0.3, 0.4) is 0 Å². The maximum atomic E-state index is 12.6. The van der Waals surface area contributed by atoms with Gasteiger partial charge in [0.1, 0.15) is 11.5 Å². The van der Waals surface area contributed by atoms with Crippen molar-refractivity contribution in [1.29, 1.82) is 0 Å². The minimum Gasteiger partial charge on any atom is -0.497 e. The number of rotatable bonds is 8. The number of aliphatic carboxylic acids is 1. The van der Waals surface area contributed by atoms with Gasteiger partial charge in [0, 0.05) is 45.2 Å². The smallest absolute Gasteiger partial charge is 0.328 e. The zero-order valence-electron chi connectivity index (χ0n) is 27.6. The number of hydrogen-bond donors (Lipinski definition) is 3. The lowest BCUT2D eigenvalue weighted by Gasteiger charge is -2.27. The number of imidazole rings is 2. The summed E-state index contributed by atoms with van der Waals surface area (Å²) in [5, 5.41) is 9.09. The van der Waals surface area contributed by atoms with Gasteiger partial charge < -0.3 is 14.6 Å². The summed E-state index contributed by atoms with van der Waals surface area (Å²) in [6, 6.07) is 11.3. The number of carboxylic acid groups (broad SMARTS) is 1. The number of fused-ring (bicyclic) bond motifs is 2. The van der Waals surface area contributed by atoms with Gasteiger partial charge in [-0.1, -0.05) is 14.9 Å². The van der Waals surface area contributed by atoms with Crippen LogP contribution in [0.15, 0.2) is 46.0 Å². The lowest BCUT2D eigenvalue weighted by molar-refractivity contribution is -0.143. The van der Waals surface area contributed by atoms with Crippen LogP contribution in [0.2, 0.25) is 0 Å². The highest BCUT2D eigenvalue weighted by Crippen LogP contribution is 2.32. The number of methoxy groups -OCH3 is 2. The van der Waals surface area contributed by atoms with Crippen molar-refractivity contribution >= 4 is 33.9 Å². The molecule has 6 rings (SSSR count). The Balaban J connectivity index is 0.000000255. The summed E-state index contributed by atoms with van der Waals surface area (Å²) in [5.41, 5.74) is 5.74. The predicted octanol–water partition coefficient (Wildman–Crippen LogP) is 4.66. The van der Waals surface area contributed by atoms with E-state index in [4.69, 9.17) is 20.4 Å². The van der Waals surface area contributed by atoms with E-state index in [9.17, 15) is 19.2 Å². The first-order valence-electron chi connectivity index (χ1n) is 16.3. The van der Waals surface area contributed by atoms with E-state index in [0.29, 0.717) is 37.8 Å². The summed E-state index contributed by atoms with van der Waals surface area (Å²) in [6.07, 6.45) is 6.57. The number of benzene rings is 2. The van der Waals surface area contributed by atoms with Gasteiger partial charge in [0.15, 0.2) is 0 Å². The molecule has 0 spiro atoms. The fourth-order valence-corrected chi connectivity index (χ4v) is 7.22. The Bertz CT molecular complexity index is 1850. The molecule has 4 aromatic rings. The Labute approximate surface area is 287 Å². The maximum absolute atomic E-state index is 12.6. The van der Waals surface area contributed by atoms with Crippen LogP contribution in [0.4, 0.5) is 0 Å². The van der Waals surface area contributed by atoms with Gasteiger partial charge in [-0.3, -0.25) is 33.3 Å². The third-order valence-electron chi connectivity index (χ3n) is 10.1. The van der Waals surface area contributed by atoms with Crippen LogP contribution in [0.25, 0.3) is 22.1 Å². The van der Waals surface area contributed by atoms with Crippen LogP contribution in [0.5, 0.6) is 11.5 Å². The number of hydrazine groups is 1. The van der Waals surface area contributed by atoms with Crippen molar-refractivity contribution in [1.82, 2.24) is 23.7 Å². The standard InChI is InChI=1S/C17H24N4O3.C17H22N2O4.2CH4/c1-20-14-8-7-13(24-2)9-15(14)21(17(20)23)10-11-3-5-12(6-4-11)16(22)19-18;1-18-14-8-7-13(23-2)9-15(14)19(17(18)22)10-11-3-5-12(6-4-11)16(20)21;;/h7-9,11-12H,3-6,10,18H2,1-2H3,(H,19,22);7-9,11-12H,3-6,10H2,1-2H3,(H,20,21);2*1H4. The fraction of sp³-hybridized carbons (Fsp3) is 0.556. The molecule has 2 heterocycles. The summed E-state index contributed by atoms with van der Waals surface area (Å²) in [5.74, 6) is 6.41. The third kappa shape index (κ3) is 8.21. The van der Waals surface area contributed by atoms with E-state index in [1.54, 1.807) is 42.0 Å². The molecule has 2 aromatic heterocycles. The Morgan fingerprint density at radius 1 is 0.714 bits per heavy atom. The molecule has 2 aliphatic rings. The average Bonchev–Trinajstić information content (AvgIpc) is 3.47. The normalized spacial score (nSPS) is 20.3. The van der Waals surface area contributed by atoms with Crippen molar-refractivity contribution in [2.75, 3.05) is 14.2 Å². The van der Waals surface area contributed by atoms with Gasteiger partial charge in [0.2, 0.25) is 5.91 Å². The molecular formula is C36H54N6O7. The summed E-state index contributed by atoms with van der Waals surface area (Å²) in [4.78, 5) is 47.8. The number of hydrogen-bond acceptors (Lipinski definition) is 7. The summed E-state index contributed by atoms with van der Waals surface area (Å²) in [7, 11) is 6.79. The molecule has 270 valence electrons. The second-order valence-electron chi connectivity index (χ2n) is 12.9. The minimum absolute atomic E-state index is 0. The van der Waals surface area contributed by atoms with Crippen molar-refractivity contribution in [3.05, 3.63) is 57.4 Å². The number of nitrogens with two attached hydrogens (primary N) is 1. The first-order chi connectivity index (χ1) is 22.6. The molecule has 0 saturated heterocycles. The molecule has 13 heteroatoms. The van der Waals surface area contributed by atoms with E-state index in [-0.39, 0.29) is 44.0 Å². The molecule has 4 N–H and O–H groups in total. The molecule has 13 nitrogen and oxygen atoms in total. The van der Waals surface area contributed by atoms with Crippen molar-refractivity contribution in [3.63, 3.8) is 0 Å². The number of ether oxygens (including phenoxy) is 2. The van der Waals surface area contributed by atoms with Gasteiger partial charge in [-0.2, -0.15) is 0 Å². The summed E-state index contributed by atoms with van der Waals surface area (Å²) >= 11 is 0. The molecule has 0 atom stereocenters. The molecule has 1 amide bonds. The second-order valence-corrected chi connectivity index (χ2v) is 12.9. The van der Waals surface area contributed by atoms with E-state index in [1.165, 1.54) is 0 Å². The molecule has 2 fully saturated rings. The molecule has 2 aliphatic carbocycles. The Hall–Kier alpha value is -4.52. The van der Waals surface area contributed by atoms with Crippen LogP contribution in [0, 0.1) is 23.7 Å². The number of carbonyl (C=O) groups is 2. The zero-order valence-corrected chi connectivity index (χ0v) is 27.6. The van der Waals surface area contributed by atoms with E-state index in [0.717, 1.165) is 72.1 Å². The number of nitrogens with one attached hydrogen (secondary N) is 1. The lowest BCUT2D eigenvalue weighted by Crippen LogP contribution is -2.38. The van der Waals surface area contributed by atoms with Gasteiger partial charge in [-0.25, -0.2) is 15.4 Å². The number of aromatic nitrogens is 4. The van der Waals surface area contributed by atoms with E-state index in [2.05, 4.69) is 5.43 Å². The molecule has 0 unspecified atom stereocenters. The highest BCUT2D eigenvalue weighted by Gasteiger charge is 2.28.